The molecule has 1 aliphatic rings. The van der Waals surface area contributed by atoms with E-state index in [1.165, 1.54) is 23.8 Å². The van der Waals surface area contributed by atoms with Crippen molar-refractivity contribution in [3.63, 3.8) is 0 Å². The monoisotopic (exact) mass is 256 g/mol. The summed E-state index contributed by atoms with van der Waals surface area (Å²) in [4.78, 5) is 4.15. The molecule has 0 aromatic carbocycles. The molecule has 0 unspecified atom stereocenters. The van der Waals surface area contributed by atoms with Crippen molar-refractivity contribution in [2.75, 3.05) is 19.7 Å². The van der Waals surface area contributed by atoms with E-state index < -0.39 is 0 Å². The topological polar surface area (TPSA) is 25.4 Å². The van der Waals surface area contributed by atoms with Crippen LogP contribution in [0.5, 0.6) is 5.88 Å². The molecule has 0 radical (unpaired) electrons. The molecule has 1 saturated heterocycles. The van der Waals surface area contributed by atoms with Crippen molar-refractivity contribution < 1.29 is 4.74 Å². The van der Waals surface area contributed by atoms with Gasteiger partial charge in [-0.15, -0.1) is 0 Å². The fraction of sp³-hybridized carbons (Fsp3) is 0.545. The van der Waals surface area contributed by atoms with Crippen LogP contribution in [0.1, 0.15) is 12.8 Å². The van der Waals surface area contributed by atoms with Crippen LogP contribution in [-0.4, -0.2) is 29.0 Å². The molecule has 1 aromatic heterocycles. The number of pyridine rings is 1. The molecule has 1 aliphatic heterocycles. The highest BCUT2D eigenvalue weighted by molar-refractivity contribution is 8.67. The largest absolute Gasteiger partial charge is 0.477 e. The zero-order valence-corrected chi connectivity index (χ0v) is 10.8. The Bertz CT molecular complexity index is 302. The van der Waals surface area contributed by atoms with Gasteiger partial charge in [0.25, 0.3) is 0 Å². The molecule has 5 heteroatoms. The third-order valence-corrected chi connectivity index (χ3v) is 4.08. The lowest BCUT2D eigenvalue weighted by molar-refractivity contribution is 0.186. The van der Waals surface area contributed by atoms with Crippen LogP contribution in [0.4, 0.5) is 0 Å². The highest BCUT2D eigenvalue weighted by Gasteiger charge is 2.19. The van der Waals surface area contributed by atoms with Gasteiger partial charge in [0.2, 0.25) is 5.88 Å². The Morgan fingerprint density at radius 2 is 2.25 bits per heavy atom. The third kappa shape index (κ3) is 3.57. The summed E-state index contributed by atoms with van der Waals surface area (Å²) in [5.41, 5.74) is 0. The van der Waals surface area contributed by atoms with Crippen molar-refractivity contribution in [2.24, 2.45) is 5.92 Å². The fourth-order valence-corrected chi connectivity index (χ4v) is 2.66. The smallest absolute Gasteiger partial charge is 0.213 e. The highest BCUT2D eigenvalue weighted by Crippen LogP contribution is 2.24. The normalized spacial score (nSPS) is 18.6. The molecule has 16 heavy (non-hydrogen) atoms. The van der Waals surface area contributed by atoms with E-state index in [0.717, 1.165) is 25.6 Å². The summed E-state index contributed by atoms with van der Waals surface area (Å²) in [7, 11) is 1.54. The first-order valence-electron chi connectivity index (χ1n) is 5.49. The molecule has 2 rings (SSSR count). The van der Waals surface area contributed by atoms with Crippen molar-refractivity contribution in [1.82, 2.24) is 9.29 Å². The number of piperidine rings is 1. The van der Waals surface area contributed by atoms with Crippen LogP contribution in [-0.2, 0) is 0 Å². The fourth-order valence-electron chi connectivity index (χ4n) is 1.79. The number of hydrogen-bond acceptors (Lipinski definition) is 5. The summed E-state index contributed by atoms with van der Waals surface area (Å²) < 4.78 is 7.94. The number of aromatic nitrogens is 1. The van der Waals surface area contributed by atoms with Gasteiger partial charge in [-0.1, -0.05) is 17.7 Å². The molecule has 0 amide bonds. The average Bonchev–Trinajstić information content (AvgIpc) is 2.38. The van der Waals surface area contributed by atoms with E-state index in [2.05, 4.69) is 20.9 Å². The summed E-state index contributed by atoms with van der Waals surface area (Å²) >= 11 is 4.20. The van der Waals surface area contributed by atoms with E-state index in [9.17, 15) is 0 Å². The van der Waals surface area contributed by atoms with E-state index in [4.69, 9.17) is 4.74 Å². The highest BCUT2D eigenvalue weighted by atomic mass is 33.1. The Morgan fingerprint density at radius 3 is 2.88 bits per heavy atom. The number of ether oxygens (including phenoxy) is 1. The zero-order valence-electron chi connectivity index (χ0n) is 9.08. The molecule has 0 atom stereocenters. The zero-order chi connectivity index (χ0) is 11.2. The van der Waals surface area contributed by atoms with Crippen molar-refractivity contribution in [3.8, 4) is 5.88 Å². The number of nitrogens with zero attached hydrogens (tertiary/aromatic N) is 2. The van der Waals surface area contributed by atoms with Crippen LogP contribution in [0.3, 0.4) is 0 Å². The van der Waals surface area contributed by atoms with Crippen LogP contribution >= 0.6 is 22.6 Å². The lowest BCUT2D eigenvalue weighted by Crippen LogP contribution is -2.30. The third-order valence-electron chi connectivity index (χ3n) is 2.79. The molecular formula is C11H16N2OS2. The minimum absolute atomic E-state index is 0.652. The Balaban J connectivity index is 1.72. The van der Waals surface area contributed by atoms with Gasteiger partial charge in [-0.3, -0.25) is 0 Å². The maximum Gasteiger partial charge on any atom is 0.213 e. The molecule has 3 nitrogen and oxygen atoms in total. The Morgan fingerprint density at radius 1 is 1.44 bits per heavy atom. The average molecular weight is 256 g/mol. The predicted molar refractivity (Wildman–Crippen MR) is 70.6 cm³/mol. The lowest BCUT2D eigenvalue weighted by Gasteiger charge is -2.29. The number of rotatable bonds is 4. The van der Waals surface area contributed by atoms with E-state index in [1.54, 1.807) is 6.20 Å². The quantitative estimate of drug-likeness (QED) is 0.509. The SMILES string of the molecule is SSN1CCC(COc2ccccn2)CC1. The van der Waals surface area contributed by atoms with Crippen LogP contribution < -0.4 is 4.74 Å². The molecule has 0 aliphatic carbocycles. The molecule has 0 spiro atoms. The summed E-state index contributed by atoms with van der Waals surface area (Å²) in [6, 6.07) is 5.75. The Labute approximate surface area is 106 Å². The molecule has 2 heterocycles. The van der Waals surface area contributed by atoms with Gasteiger partial charge in [-0.2, -0.15) is 0 Å². The first-order valence-corrected chi connectivity index (χ1v) is 7.31. The van der Waals surface area contributed by atoms with Crippen LogP contribution in [0, 0.1) is 5.92 Å². The molecule has 0 N–H and O–H groups in total. The minimum Gasteiger partial charge on any atom is -0.477 e. The lowest BCUT2D eigenvalue weighted by atomic mass is 9.99. The first-order chi connectivity index (χ1) is 7.88. The summed E-state index contributed by atoms with van der Waals surface area (Å²) in [5, 5.41) is 0. The van der Waals surface area contributed by atoms with Crippen LogP contribution in [0.25, 0.3) is 0 Å². The summed E-state index contributed by atoms with van der Waals surface area (Å²) in [6.45, 7) is 2.98. The van der Waals surface area contributed by atoms with Gasteiger partial charge in [0, 0.05) is 25.4 Å². The van der Waals surface area contributed by atoms with Gasteiger partial charge in [-0.25, -0.2) is 9.29 Å². The van der Waals surface area contributed by atoms with Crippen LogP contribution in [0.15, 0.2) is 24.4 Å². The molecular weight excluding hydrogens is 240 g/mol. The standard InChI is InChI=1S/C11H16N2OS2/c15-16-13-7-4-10(5-8-13)9-14-11-3-1-2-6-12-11/h1-3,6,10,15H,4-5,7-9H2. The summed E-state index contributed by atoms with van der Waals surface area (Å²) in [5.74, 6) is 1.38. The van der Waals surface area contributed by atoms with Crippen molar-refractivity contribution in [1.29, 1.82) is 0 Å². The molecule has 0 bridgehead atoms. The van der Waals surface area contributed by atoms with Gasteiger partial charge in [0.1, 0.15) is 0 Å². The maximum absolute atomic E-state index is 5.66. The maximum atomic E-state index is 5.66. The number of thiol groups is 1. The predicted octanol–water partition coefficient (Wildman–Crippen LogP) is 2.67. The second-order valence-corrected chi connectivity index (χ2v) is 5.10. The number of hydrogen-bond donors (Lipinski definition) is 1. The van der Waals surface area contributed by atoms with Crippen molar-refractivity contribution in [2.45, 2.75) is 12.8 Å². The second kappa shape index (κ2) is 6.37. The Kier molecular flexibility index (Phi) is 4.81. The molecule has 88 valence electrons. The minimum atomic E-state index is 0.652. The van der Waals surface area contributed by atoms with E-state index in [0.29, 0.717) is 5.92 Å². The van der Waals surface area contributed by atoms with Gasteiger partial charge in [0.15, 0.2) is 0 Å². The van der Waals surface area contributed by atoms with Gasteiger partial charge < -0.3 is 4.74 Å². The second-order valence-electron chi connectivity index (χ2n) is 3.93. The van der Waals surface area contributed by atoms with E-state index in [1.807, 2.05) is 18.2 Å². The van der Waals surface area contributed by atoms with Gasteiger partial charge >= 0.3 is 0 Å². The van der Waals surface area contributed by atoms with E-state index in [-0.39, 0.29) is 0 Å². The molecule has 1 fully saturated rings. The molecule has 1 aromatic rings. The van der Waals surface area contributed by atoms with Crippen molar-refractivity contribution >= 4 is 22.6 Å². The van der Waals surface area contributed by atoms with E-state index >= 15 is 0 Å². The summed E-state index contributed by atoms with van der Waals surface area (Å²) in [6.07, 6.45) is 4.12. The van der Waals surface area contributed by atoms with Gasteiger partial charge in [-0.05, 0) is 35.8 Å². The van der Waals surface area contributed by atoms with Crippen molar-refractivity contribution in [3.05, 3.63) is 24.4 Å². The van der Waals surface area contributed by atoms with Gasteiger partial charge in [0.05, 0.1) is 6.61 Å². The van der Waals surface area contributed by atoms with Crippen LogP contribution in [0.2, 0.25) is 0 Å². The molecule has 0 saturated carbocycles. The Hall–Kier alpha value is -0.390. The first kappa shape index (κ1) is 12.1.